The average molecular weight is 554 g/mol. The molecule has 2 aliphatic rings. The summed E-state index contributed by atoms with van der Waals surface area (Å²) in [7, 11) is -1.96. The fourth-order valence-electron chi connectivity index (χ4n) is 4.86. The van der Waals surface area contributed by atoms with Crippen LogP contribution in [0.1, 0.15) is 61.3 Å². The molecule has 1 amide bonds. The molecule has 3 heterocycles. The number of ether oxygens (including phenoxy) is 1. The van der Waals surface area contributed by atoms with Gasteiger partial charge in [0.2, 0.25) is 8.32 Å². The molecule has 0 unspecified atom stereocenters. The van der Waals surface area contributed by atoms with Gasteiger partial charge in [-0.05, 0) is 88.9 Å². The number of benzene rings is 1. The molecular weight excluding hydrogens is 506 g/mol. The summed E-state index contributed by atoms with van der Waals surface area (Å²) in [6.07, 6.45) is 9.75. The lowest BCUT2D eigenvalue weighted by Crippen LogP contribution is -2.44. The molecule has 214 valence electrons. The van der Waals surface area contributed by atoms with E-state index in [1.807, 2.05) is 44.0 Å². The first kappa shape index (κ1) is 29.0. The zero-order valence-electron chi connectivity index (χ0n) is 25.2. The van der Waals surface area contributed by atoms with E-state index in [0.717, 1.165) is 41.7 Å². The number of allylic oxidation sites excluding steroid dienone is 2. The van der Waals surface area contributed by atoms with Gasteiger partial charge >= 0.3 is 6.09 Å². The third-order valence-corrected chi connectivity index (χ3v) is 12.6. The van der Waals surface area contributed by atoms with Gasteiger partial charge in [0.05, 0.1) is 29.1 Å². The minimum atomic E-state index is -1.96. The molecule has 0 aliphatic carbocycles. The van der Waals surface area contributed by atoms with Crippen LogP contribution in [0.4, 0.5) is 16.2 Å². The van der Waals surface area contributed by atoms with Crippen LogP contribution in [0.3, 0.4) is 0 Å². The van der Waals surface area contributed by atoms with Crippen molar-refractivity contribution in [1.29, 1.82) is 0 Å². The number of amides is 1. The van der Waals surface area contributed by atoms with Crippen molar-refractivity contribution in [2.75, 3.05) is 23.7 Å². The van der Waals surface area contributed by atoms with Gasteiger partial charge in [0.1, 0.15) is 11.4 Å². The van der Waals surface area contributed by atoms with Crippen LogP contribution in [0.15, 0.2) is 42.4 Å². The van der Waals surface area contributed by atoms with E-state index < -0.39 is 13.9 Å². The van der Waals surface area contributed by atoms with E-state index in [-0.39, 0.29) is 17.2 Å². The molecule has 1 saturated heterocycles. The Morgan fingerprint density at radius 2 is 1.79 bits per heavy atom. The number of likely N-dealkylation sites (tertiary alicyclic amines) is 1. The summed E-state index contributed by atoms with van der Waals surface area (Å²) >= 11 is 0. The van der Waals surface area contributed by atoms with E-state index in [1.165, 1.54) is 0 Å². The first-order valence-corrected chi connectivity index (χ1v) is 17.1. The van der Waals surface area contributed by atoms with Gasteiger partial charge in [0.25, 0.3) is 0 Å². The Morgan fingerprint density at radius 3 is 2.41 bits per heavy atom. The smallest absolute Gasteiger partial charge is 0.410 e. The second-order valence-electron chi connectivity index (χ2n) is 13.6. The van der Waals surface area contributed by atoms with Crippen molar-refractivity contribution >= 4 is 36.7 Å². The second kappa shape index (κ2) is 10.6. The Balaban J connectivity index is 1.45. The maximum absolute atomic E-state index is 12.4. The lowest BCUT2D eigenvalue weighted by atomic mass is 9.97. The summed E-state index contributed by atoms with van der Waals surface area (Å²) < 4.78 is 14.3. The van der Waals surface area contributed by atoms with Crippen LogP contribution in [0.5, 0.6) is 0 Å². The van der Waals surface area contributed by atoms with Gasteiger partial charge in [0.15, 0.2) is 0 Å². The summed E-state index contributed by atoms with van der Waals surface area (Å²) in [5, 5.41) is 5.90. The van der Waals surface area contributed by atoms with E-state index in [9.17, 15) is 4.79 Å². The molecule has 0 spiro atoms. The molecule has 39 heavy (non-hydrogen) atoms. The highest BCUT2D eigenvalue weighted by atomic mass is 28.4. The monoisotopic (exact) mass is 553 g/mol. The zero-order valence-corrected chi connectivity index (χ0v) is 26.2. The number of hydrogen-bond acceptors (Lipinski definition) is 6. The van der Waals surface area contributed by atoms with Crippen molar-refractivity contribution in [3.05, 3.63) is 42.4 Å². The fraction of sp³-hybridized carbons (Fsp3) is 0.600. The highest BCUT2D eigenvalue weighted by Gasteiger charge is 2.40. The van der Waals surface area contributed by atoms with E-state index in [4.69, 9.17) is 20.0 Å². The number of hydrogen-bond donors (Lipinski definition) is 1. The molecule has 0 bridgehead atoms. The van der Waals surface area contributed by atoms with Gasteiger partial charge in [-0.15, -0.1) is 0 Å². The molecule has 2 N–H and O–H groups in total. The minimum Gasteiger partial charge on any atom is -0.545 e. The van der Waals surface area contributed by atoms with E-state index >= 15 is 0 Å². The van der Waals surface area contributed by atoms with Gasteiger partial charge in [-0.1, -0.05) is 20.8 Å². The largest absolute Gasteiger partial charge is 0.545 e. The molecule has 2 aliphatic heterocycles. The number of rotatable bonds is 5. The number of aromatic nitrogens is 2. The number of nitrogens with zero attached hydrogens (tertiary/aromatic N) is 4. The lowest BCUT2D eigenvalue weighted by molar-refractivity contribution is 0.0177. The number of piperidine rings is 1. The van der Waals surface area contributed by atoms with Gasteiger partial charge in [-0.3, -0.25) is 4.68 Å². The summed E-state index contributed by atoms with van der Waals surface area (Å²) in [6.45, 7) is 21.4. The van der Waals surface area contributed by atoms with Gasteiger partial charge in [-0.2, -0.15) is 5.10 Å². The highest BCUT2D eigenvalue weighted by molar-refractivity contribution is 6.74. The summed E-state index contributed by atoms with van der Waals surface area (Å²) in [6, 6.07) is 4.21. The third-order valence-electron chi connectivity index (χ3n) is 8.28. The molecule has 0 radical (unpaired) electrons. The quantitative estimate of drug-likeness (QED) is 0.320. The van der Waals surface area contributed by atoms with Crippen LogP contribution in [-0.4, -0.2) is 53.8 Å². The third kappa shape index (κ3) is 6.45. The van der Waals surface area contributed by atoms with Crippen molar-refractivity contribution in [1.82, 2.24) is 14.7 Å². The first-order chi connectivity index (χ1) is 18.1. The maximum atomic E-state index is 12.4. The predicted octanol–water partition coefficient (Wildman–Crippen LogP) is 6.89. The molecule has 1 fully saturated rings. The normalized spacial score (nSPS) is 19.4. The zero-order chi connectivity index (χ0) is 28.8. The number of fused-ring (bicyclic) bond motifs is 1. The highest BCUT2D eigenvalue weighted by Crippen LogP contribution is 2.40. The summed E-state index contributed by atoms with van der Waals surface area (Å²) in [5.41, 5.74) is 8.90. The molecule has 1 aromatic heterocycles. The van der Waals surface area contributed by atoms with Crippen molar-refractivity contribution in [3.8, 4) is 0 Å². The van der Waals surface area contributed by atoms with Crippen molar-refractivity contribution in [2.24, 2.45) is 5.92 Å². The Bertz CT molecular complexity index is 1260. The molecule has 1 atom stereocenters. The number of carbonyl (C=O) groups excluding carboxylic acids is 1. The topological polar surface area (TPSA) is 85.8 Å². The number of anilines is 2. The standard InChI is InChI=1S/C30H47N5O3Si/c1-21-27(38-39(8,9)30(5,6)7)11-10-14-34(21)26-17-23-19-32-35(25(23)18-24(26)31)20-22-12-15-33(16-13-22)28(36)37-29(2,3)4/h10-11,14,17-19,21-22H,12-13,15-16,20,31H2,1-9H3/t21-/m0/s1. The Kier molecular flexibility index (Phi) is 7.86. The number of carbonyl (C=O) groups is 1. The molecular formula is C30H47N5O3Si. The predicted molar refractivity (Wildman–Crippen MR) is 162 cm³/mol. The number of nitrogen functional groups attached to an aromatic ring is 1. The minimum absolute atomic E-state index is 0.0362. The van der Waals surface area contributed by atoms with Crippen LogP contribution in [0.2, 0.25) is 18.1 Å². The molecule has 2 aromatic rings. The number of nitrogens with two attached hydrogens (primary N) is 1. The van der Waals surface area contributed by atoms with Crippen LogP contribution >= 0.6 is 0 Å². The van der Waals surface area contributed by atoms with Crippen molar-refractivity contribution in [2.45, 2.75) is 97.6 Å². The Morgan fingerprint density at radius 1 is 1.13 bits per heavy atom. The van der Waals surface area contributed by atoms with Crippen LogP contribution in [0.25, 0.3) is 10.9 Å². The molecule has 9 heteroatoms. The van der Waals surface area contributed by atoms with Crippen LogP contribution in [-0.2, 0) is 15.7 Å². The molecule has 4 rings (SSSR count). The Hall–Kier alpha value is -2.94. The molecule has 8 nitrogen and oxygen atoms in total. The van der Waals surface area contributed by atoms with E-state index in [2.05, 4.69) is 68.7 Å². The lowest BCUT2D eigenvalue weighted by Gasteiger charge is -2.41. The summed E-state index contributed by atoms with van der Waals surface area (Å²) in [4.78, 5) is 16.4. The fourth-order valence-corrected chi connectivity index (χ4v) is 5.99. The van der Waals surface area contributed by atoms with Gasteiger partial charge in [0, 0.05) is 31.2 Å². The maximum Gasteiger partial charge on any atom is 0.410 e. The van der Waals surface area contributed by atoms with Gasteiger partial charge in [-0.25, -0.2) is 4.79 Å². The Labute approximate surface area is 234 Å². The second-order valence-corrected chi connectivity index (χ2v) is 18.3. The van der Waals surface area contributed by atoms with Crippen LogP contribution in [0, 0.1) is 5.92 Å². The SMILES string of the molecule is C[C@H]1C(O[Si](C)(C)C(C)(C)C)=CC=CN1c1cc2cnn(CC3CCN(C(=O)OC(C)(C)C)CC3)c2cc1N. The van der Waals surface area contributed by atoms with Gasteiger partial charge < -0.3 is 24.7 Å². The van der Waals surface area contributed by atoms with E-state index in [0.29, 0.717) is 24.7 Å². The molecule has 0 saturated carbocycles. The van der Waals surface area contributed by atoms with Crippen molar-refractivity contribution in [3.63, 3.8) is 0 Å². The van der Waals surface area contributed by atoms with Crippen molar-refractivity contribution < 1.29 is 14.0 Å². The first-order valence-electron chi connectivity index (χ1n) is 14.1. The van der Waals surface area contributed by atoms with E-state index in [1.54, 1.807) is 0 Å². The van der Waals surface area contributed by atoms with Crippen LogP contribution < -0.4 is 10.6 Å². The average Bonchev–Trinajstić information content (AvgIpc) is 3.20. The summed E-state index contributed by atoms with van der Waals surface area (Å²) in [5.74, 6) is 1.43. The molecule has 1 aromatic carbocycles.